The molecular weight excluding hydrogens is 447 g/mol. The Kier molecular flexibility index (Phi) is 7.17. The van der Waals surface area contributed by atoms with Crippen LogP contribution in [0.5, 0.6) is 5.75 Å². The Balaban J connectivity index is 1.68. The molecule has 1 atom stereocenters. The van der Waals surface area contributed by atoms with Crippen LogP contribution in [0.15, 0.2) is 48.8 Å². The van der Waals surface area contributed by atoms with E-state index in [9.17, 15) is 26.7 Å². The van der Waals surface area contributed by atoms with Crippen LogP contribution in [0.1, 0.15) is 24.8 Å². The molecule has 0 unspecified atom stereocenters. The average molecular weight is 468 g/mol. The molecule has 1 aliphatic carbocycles. The molecule has 0 radical (unpaired) electrons. The molecule has 2 N–H and O–H groups in total. The zero-order valence-electron chi connectivity index (χ0n) is 17.3. The molecule has 1 saturated carbocycles. The van der Waals surface area contributed by atoms with Crippen LogP contribution >= 0.6 is 0 Å². The molecular formula is C22H21F5N4O2. The van der Waals surface area contributed by atoms with E-state index >= 15 is 0 Å². The Morgan fingerprint density at radius 1 is 1.21 bits per heavy atom. The Morgan fingerprint density at radius 3 is 2.48 bits per heavy atom. The molecule has 1 aromatic carbocycles. The monoisotopic (exact) mass is 468 g/mol. The van der Waals surface area contributed by atoms with Crippen LogP contribution in [0.2, 0.25) is 0 Å². The van der Waals surface area contributed by atoms with Crippen LogP contribution in [0.4, 0.5) is 22.0 Å². The standard InChI is InChI=1S/C22H21F5N4O2/c23-16-3-5-17(6-4-16)33-22(26,27)14-30-18(19(32)31-20(13-28)7-8-20)11-21(24,25)10-15-2-1-9-29-12-15/h1-6,9,12,18,30H,7-8,10-11,14H2,(H,31,32)/t18-/m0/s1. The van der Waals surface area contributed by atoms with Gasteiger partial charge in [-0.3, -0.25) is 15.1 Å². The largest absolute Gasteiger partial charge is 0.432 e. The quantitative estimate of drug-likeness (QED) is 0.493. The second kappa shape index (κ2) is 9.70. The fourth-order valence-electron chi connectivity index (χ4n) is 3.10. The number of alkyl halides is 4. The van der Waals surface area contributed by atoms with Crippen molar-refractivity contribution in [3.63, 3.8) is 0 Å². The van der Waals surface area contributed by atoms with Crippen LogP contribution in [-0.2, 0) is 11.2 Å². The maximum absolute atomic E-state index is 14.7. The van der Waals surface area contributed by atoms with Crippen molar-refractivity contribution >= 4 is 5.91 Å². The smallest absolute Gasteiger partial charge is 0.410 e. The molecule has 0 spiro atoms. The van der Waals surface area contributed by atoms with Gasteiger partial charge in [-0.25, -0.2) is 13.2 Å². The maximum atomic E-state index is 14.7. The topological polar surface area (TPSA) is 87.0 Å². The minimum atomic E-state index is -3.89. The number of halogens is 5. The van der Waals surface area contributed by atoms with E-state index in [1.54, 1.807) is 0 Å². The Labute approximate surface area is 186 Å². The lowest BCUT2D eigenvalue weighted by atomic mass is 10.0. The Hall–Kier alpha value is -3.26. The number of nitriles is 1. The highest BCUT2D eigenvalue weighted by atomic mass is 19.3. The summed E-state index contributed by atoms with van der Waals surface area (Å²) in [5.74, 6) is -5.41. The minimum absolute atomic E-state index is 0.210. The van der Waals surface area contributed by atoms with Gasteiger partial charge in [0.2, 0.25) is 5.91 Å². The third kappa shape index (κ3) is 7.39. The first-order chi connectivity index (χ1) is 15.5. The van der Waals surface area contributed by atoms with Gasteiger partial charge in [0.15, 0.2) is 0 Å². The third-order valence-electron chi connectivity index (χ3n) is 4.97. The number of rotatable bonds is 11. The number of carbonyl (C=O) groups is 1. The first-order valence-electron chi connectivity index (χ1n) is 10.1. The summed E-state index contributed by atoms with van der Waals surface area (Å²) in [5.41, 5.74) is -0.953. The van der Waals surface area contributed by atoms with E-state index in [1.165, 1.54) is 24.5 Å². The first-order valence-corrected chi connectivity index (χ1v) is 10.1. The zero-order chi connectivity index (χ0) is 24.1. The second-order valence-corrected chi connectivity index (χ2v) is 7.91. The summed E-state index contributed by atoms with van der Waals surface area (Å²) in [6, 6.07) is 6.88. The molecule has 176 valence electrons. The first kappa shape index (κ1) is 24.4. The summed E-state index contributed by atoms with van der Waals surface area (Å²) in [6.45, 7) is -1.27. The molecule has 33 heavy (non-hydrogen) atoms. The number of aromatic nitrogens is 1. The van der Waals surface area contributed by atoms with Crippen LogP contribution in [-0.4, -0.2) is 41.0 Å². The van der Waals surface area contributed by atoms with Crippen LogP contribution in [0.25, 0.3) is 0 Å². The van der Waals surface area contributed by atoms with Crippen molar-refractivity contribution in [2.24, 2.45) is 0 Å². The predicted octanol–water partition coefficient (Wildman–Crippen LogP) is 3.59. The molecule has 11 heteroatoms. The number of hydrogen-bond donors (Lipinski definition) is 2. The molecule has 1 fully saturated rings. The van der Waals surface area contributed by atoms with E-state index < -0.39 is 54.7 Å². The number of nitrogens with zero attached hydrogens (tertiary/aromatic N) is 2. The summed E-state index contributed by atoms with van der Waals surface area (Å²) < 4.78 is 75.4. The fourth-order valence-corrected chi connectivity index (χ4v) is 3.10. The van der Waals surface area contributed by atoms with Crippen molar-refractivity contribution in [1.29, 1.82) is 5.26 Å². The lowest BCUT2D eigenvalue weighted by molar-refractivity contribution is -0.174. The van der Waals surface area contributed by atoms with E-state index in [0.29, 0.717) is 12.8 Å². The van der Waals surface area contributed by atoms with Gasteiger partial charge in [0.1, 0.15) is 23.7 Å². The number of benzene rings is 1. The summed E-state index contributed by atoms with van der Waals surface area (Å²) >= 11 is 0. The SMILES string of the molecule is N#CC1(NC(=O)[C@H](CC(F)(F)Cc2cccnc2)NCC(F)(F)Oc2ccc(F)cc2)CC1. The van der Waals surface area contributed by atoms with Crippen molar-refractivity contribution in [1.82, 2.24) is 15.6 Å². The second-order valence-electron chi connectivity index (χ2n) is 7.91. The molecule has 1 amide bonds. The van der Waals surface area contributed by atoms with Crippen molar-refractivity contribution in [2.75, 3.05) is 6.54 Å². The highest BCUT2D eigenvalue weighted by molar-refractivity contribution is 5.83. The van der Waals surface area contributed by atoms with Gasteiger partial charge in [0, 0.05) is 25.2 Å². The molecule has 1 heterocycles. The van der Waals surface area contributed by atoms with E-state index in [2.05, 4.69) is 20.4 Å². The lowest BCUT2D eigenvalue weighted by Gasteiger charge is -2.27. The van der Waals surface area contributed by atoms with Crippen molar-refractivity contribution < 1.29 is 31.5 Å². The molecule has 6 nitrogen and oxygen atoms in total. The molecule has 2 aromatic rings. The predicted molar refractivity (Wildman–Crippen MR) is 107 cm³/mol. The summed E-state index contributed by atoms with van der Waals surface area (Å²) in [6.07, 6.45) is -2.38. The Bertz CT molecular complexity index is 992. The molecule has 0 saturated heterocycles. The summed E-state index contributed by atoms with van der Waals surface area (Å²) in [5, 5.41) is 13.7. The van der Waals surface area contributed by atoms with Crippen molar-refractivity contribution in [2.45, 2.75) is 49.3 Å². The lowest BCUT2D eigenvalue weighted by Crippen LogP contribution is -2.53. The number of hydrogen-bond acceptors (Lipinski definition) is 5. The van der Waals surface area contributed by atoms with Gasteiger partial charge in [0.05, 0.1) is 12.1 Å². The van der Waals surface area contributed by atoms with Crippen LogP contribution < -0.4 is 15.4 Å². The number of carbonyl (C=O) groups excluding carboxylic acids is 1. The summed E-state index contributed by atoms with van der Waals surface area (Å²) in [4.78, 5) is 16.4. The van der Waals surface area contributed by atoms with Gasteiger partial charge in [-0.2, -0.15) is 14.0 Å². The zero-order valence-corrected chi connectivity index (χ0v) is 17.3. The molecule has 0 bridgehead atoms. The van der Waals surface area contributed by atoms with E-state index in [1.807, 2.05) is 6.07 Å². The van der Waals surface area contributed by atoms with Gasteiger partial charge in [-0.05, 0) is 48.7 Å². The Morgan fingerprint density at radius 2 is 1.91 bits per heavy atom. The number of ether oxygens (including phenoxy) is 1. The van der Waals surface area contributed by atoms with Gasteiger partial charge in [0.25, 0.3) is 5.92 Å². The number of amides is 1. The van der Waals surface area contributed by atoms with E-state index in [-0.39, 0.29) is 11.3 Å². The van der Waals surface area contributed by atoms with Crippen LogP contribution in [0.3, 0.4) is 0 Å². The molecule has 0 aliphatic heterocycles. The number of pyridine rings is 1. The van der Waals surface area contributed by atoms with Crippen LogP contribution in [0, 0.1) is 17.1 Å². The highest BCUT2D eigenvalue weighted by Gasteiger charge is 2.47. The number of nitrogens with one attached hydrogen (secondary N) is 2. The maximum Gasteiger partial charge on any atom is 0.410 e. The van der Waals surface area contributed by atoms with Crippen molar-refractivity contribution in [3.8, 4) is 11.8 Å². The van der Waals surface area contributed by atoms with E-state index in [4.69, 9.17) is 5.26 Å². The highest BCUT2D eigenvalue weighted by Crippen LogP contribution is 2.35. The van der Waals surface area contributed by atoms with Gasteiger partial charge >= 0.3 is 6.11 Å². The normalized spacial score (nSPS) is 15.9. The van der Waals surface area contributed by atoms with Gasteiger partial charge in [-0.1, -0.05) is 6.07 Å². The third-order valence-corrected chi connectivity index (χ3v) is 4.97. The van der Waals surface area contributed by atoms with Gasteiger partial charge < -0.3 is 10.1 Å². The molecule has 1 aromatic heterocycles. The van der Waals surface area contributed by atoms with Gasteiger partial charge in [-0.15, -0.1) is 0 Å². The molecule has 3 rings (SSSR count). The average Bonchev–Trinajstić information content (AvgIpc) is 3.53. The van der Waals surface area contributed by atoms with Crippen molar-refractivity contribution in [3.05, 3.63) is 60.2 Å². The van der Waals surface area contributed by atoms with E-state index in [0.717, 1.165) is 24.3 Å². The molecule has 1 aliphatic rings. The summed E-state index contributed by atoms with van der Waals surface area (Å²) in [7, 11) is 0. The fraction of sp³-hybridized carbons (Fsp3) is 0.409. The minimum Gasteiger partial charge on any atom is -0.432 e.